The summed E-state index contributed by atoms with van der Waals surface area (Å²) in [5, 5.41) is 0. The van der Waals surface area contributed by atoms with Gasteiger partial charge in [-0.25, -0.2) is 4.98 Å². The Labute approximate surface area is 133 Å². The Kier molecular flexibility index (Phi) is 6.26. The third-order valence-electron chi connectivity index (χ3n) is 3.48. The molecule has 0 bridgehead atoms. The molecule has 1 aromatic heterocycles. The first-order chi connectivity index (χ1) is 10.6. The standard InChI is InChI=1S/C19H26N2O/c1-16(2)5-4-12-22-19-8-6-18(7-9-19)13-17(3)14-21-11-10-20-15-21/h6-11,13,15-16H,4-5,12,14H2,1-3H3. The highest BCUT2D eigenvalue weighted by Gasteiger charge is 1.98. The van der Waals surface area contributed by atoms with E-state index in [1.54, 1.807) is 6.20 Å². The van der Waals surface area contributed by atoms with Crippen molar-refractivity contribution in [2.24, 2.45) is 5.92 Å². The van der Waals surface area contributed by atoms with Crippen LogP contribution < -0.4 is 4.74 Å². The third kappa shape index (κ3) is 5.76. The zero-order valence-electron chi connectivity index (χ0n) is 13.8. The third-order valence-corrected chi connectivity index (χ3v) is 3.48. The number of ether oxygens (including phenoxy) is 1. The maximum Gasteiger partial charge on any atom is 0.119 e. The highest BCUT2D eigenvalue weighted by atomic mass is 16.5. The number of allylic oxidation sites excluding steroid dienone is 1. The average Bonchev–Trinajstić information content (AvgIpc) is 2.98. The van der Waals surface area contributed by atoms with Crippen LogP contribution in [0.25, 0.3) is 6.08 Å². The summed E-state index contributed by atoms with van der Waals surface area (Å²) < 4.78 is 7.84. The summed E-state index contributed by atoms with van der Waals surface area (Å²) in [5.41, 5.74) is 2.50. The van der Waals surface area contributed by atoms with E-state index < -0.39 is 0 Å². The largest absolute Gasteiger partial charge is 0.494 e. The Morgan fingerprint density at radius 1 is 1.27 bits per heavy atom. The van der Waals surface area contributed by atoms with Gasteiger partial charge in [-0.2, -0.15) is 0 Å². The van der Waals surface area contributed by atoms with E-state index in [0.717, 1.165) is 31.2 Å². The van der Waals surface area contributed by atoms with Gasteiger partial charge in [-0.05, 0) is 43.4 Å². The van der Waals surface area contributed by atoms with Gasteiger partial charge in [-0.3, -0.25) is 0 Å². The summed E-state index contributed by atoms with van der Waals surface area (Å²) in [4.78, 5) is 4.06. The van der Waals surface area contributed by atoms with E-state index in [0.29, 0.717) is 0 Å². The molecule has 3 heteroatoms. The summed E-state index contributed by atoms with van der Waals surface area (Å²) in [5.74, 6) is 1.70. The van der Waals surface area contributed by atoms with Crippen molar-refractivity contribution < 1.29 is 4.74 Å². The lowest BCUT2D eigenvalue weighted by molar-refractivity contribution is 0.297. The Morgan fingerprint density at radius 2 is 2.05 bits per heavy atom. The van der Waals surface area contributed by atoms with Crippen LogP contribution in [0.4, 0.5) is 0 Å². The number of hydrogen-bond donors (Lipinski definition) is 0. The zero-order valence-corrected chi connectivity index (χ0v) is 13.8. The minimum Gasteiger partial charge on any atom is -0.494 e. The van der Waals surface area contributed by atoms with E-state index in [1.165, 1.54) is 17.6 Å². The van der Waals surface area contributed by atoms with Crippen molar-refractivity contribution in [3.05, 3.63) is 54.1 Å². The van der Waals surface area contributed by atoms with E-state index in [2.05, 4.69) is 48.5 Å². The fourth-order valence-corrected chi connectivity index (χ4v) is 2.34. The quantitative estimate of drug-likeness (QED) is 0.654. The van der Waals surface area contributed by atoms with Crippen LogP contribution in [-0.2, 0) is 6.54 Å². The van der Waals surface area contributed by atoms with Gasteiger partial charge >= 0.3 is 0 Å². The second-order valence-electron chi connectivity index (χ2n) is 6.18. The second kappa shape index (κ2) is 8.42. The molecular weight excluding hydrogens is 272 g/mol. The Hall–Kier alpha value is -2.03. The Morgan fingerprint density at radius 3 is 2.68 bits per heavy atom. The molecule has 2 rings (SSSR count). The number of hydrogen-bond acceptors (Lipinski definition) is 2. The van der Waals surface area contributed by atoms with Gasteiger partial charge in [-0.1, -0.05) is 37.6 Å². The van der Waals surface area contributed by atoms with Crippen LogP contribution in [0, 0.1) is 5.92 Å². The summed E-state index contributed by atoms with van der Waals surface area (Å²) >= 11 is 0. The van der Waals surface area contributed by atoms with Crippen molar-refractivity contribution in [2.75, 3.05) is 6.61 Å². The monoisotopic (exact) mass is 298 g/mol. The molecule has 1 aromatic carbocycles. The van der Waals surface area contributed by atoms with Crippen LogP contribution in [-0.4, -0.2) is 16.2 Å². The van der Waals surface area contributed by atoms with Crippen molar-refractivity contribution in [3.8, 4) is 5.75 Å². The number of imidazole rings is 1. The van der Waals surface area contributed by atoms with Gasteiger partial charge in [0, 0.05) is 18.9 Å². The number of benzene rings is 1. The normalized spacial score (nSPS) is 11.9. The molecular formula is C19H26N2O. The van der Waals surface area contributed by atoms with Crippen LogP contribution in [0.2, 0.25) is 0 Å². The lowest BCUT2D eigenvalue weighted by atomic mass is 10.1. The molecule has 2 aromatic rings. The number of aromatic nitrogens is 2. The highest BCUT2D eigenvalue weighted by molar-refractivity contribution is 5.53. The maximum atomic E-state index is 5.77. The van der Waals surface area contributed by atoms with Gasteiger partial charge in [0.1, 0.15) is 5.75 Å². The molecule has 0 saturated carbocycles. The van der Waals surface area contributed by atoms with E-state index >= 15 is 0 Å². The number of rotatable bonds is 8. The SMILES string of the molecule is CC(=Cc1ccc(OCCCC(C)C)cc1)Cn1ccnc1. The fourth-order valence-electron chi connectivity index (χ4n) is 2.34. The topological polar surface area (TPSA) is 27.1 Å². The molecule has 0 aliphatic heterocycles. The summed E-state index contributed by atoms with van der Waals surface area (Å²) in [7, 11) is 0. The Balaban J connectivity index is 1.83. The molecule has 0 unspecified atom stereocenters. The van der Waals surface area contributed by atoms with E-state index in [1.807, 2.05) is 24.7 Å². The molecule has 0 saturated heterocycles. The average molecular weight is 298 g/mol. The van der Waals surface area contributed by atoms with Gasteiger partial charge in [0.05, 0.1) is 12.9 Å². The van der Waals surface area contributed by atoms with Crippen LogP contribution >= 0.6 is 0 Å². The molecule has 0 amide bonds. The van der Waals surface area contributed by atoms with Crippen LogP contribution in [0.15, 0.2) is 48.6 Å². The molecule has 22 heavy (non-hydrogen) atoms. The smallest absolute Gasteiger partial charge is 0.119 e. The van der Waals surface area contributed by atoms with Crippen LogP contribution in [0.5, 0.6) is 5.75 Å². The van der Waals surface area contributed by atoms with E-state index in [4.69, 9.17) is 4.74 Å². The summed E-state index contributed by atoms with van der Waals surface area (Å²) in [6.07, 6.45) is 10.1. The van der Waals surface area contributed by atoms with Gasteiger partial charge in [-0.15, -0.1) is 0 Å². The molecule has 3 nitrogen and oxygen atoms in total. The zero-order chi connectivity index (χ0) is 15.8. The van der Waals surface area contributed by atoms with E-state index in [-0.39, 0.29) is 0 Å². The molecule has 1 heterocycles. The Bertz CT molecular complexity index is 568. The van der Waals surface area contributed by atoms with Gasteiger partial charge in [0.2, 0.25) is 0 Å². The molecule has 0 fully saturated rings. The lowest BCUT2D eigenvalue weighted by Gasteiger charge is -2.08. The first-order valence-electron chi connectivity index (χ1n) is 7.99. The van der Waals surface area contributed by atoms with Crippen molar-refractivity contribution in [1.82, 2.24) is 9.55 Å². The summed E-state index contributed by atoms with van der Waals surface area (Å²) in [6.45, 7) is 8.29. The van der Waals surface area contributed by atoms with Crippen molar-refractivity contribution >= 4 is 6.08 Å². The van der Waals surface area contributed by atoms with E-state index in [9.17, 15) is 0 Å². The molecule has 0 N–H and O–H groups in total. The van der Waals surface area contributed by atoms with Gasteiger partial charge in [0.25, 0.3) is 0 Å². The minimum absolute atomic E-state index is 0.745. The van der Waals surface area contributed by atoms with Gasteiger partial charge < -0.3 is 9.30 Å². The molecule has 0 radical (unpaired) electrons. The van der Waals surface area contributed by atoms with Crippen LogP contribution in [0.1, 0.15) is 39.2 Å². The lowest BCUT2D eigenvalue weighted by Crippen LogP contribution is -1.99. The first kappa shape index (κ1) is 16.3. The molecule has 0 aliphatic carbocycles. The number of nitrogens with zero attached hydrogens (tertiary/aromatic N) is 2. The fraction of sp³-hybridized carbons (Fsp3) is 0.421. The second-order valence-corrected chi connectivity index (χ2v) is 6.18. The highest BCUT2D eigenvalue weighted by Crippen LogP contribution is 2.16. The van der Waals surface area contributed by atoms with Crippen molar-refractivity contribution in [1.29, 1.82) is 0 Å². The predicted molar refractivity (Wildman–Crippen MR) is 91.9 cm³/mol. The summed E-state index contributed by atoms with van der Waals surface area (Å²) in [6, 6.07) is 8.31. The molecule has 118 valence electrons. The maximum absolute atomic E-state index is 5.77. The van der Waals surface area contributed by atoms with Crippen molar-refractivity contribution in [3.63, 3.8) is 0 Å². The molecule has 0 spiro atoms. The first-order valence-corrected chi connectivity index (χ1v) is 7.99. The molecule has 0 aliphatic rings. The van der Waals surface area contributed by atoms with Gasteiger partial charge in [0.15, 0.2) is 0 Å². The predicted octanol–water partition coefficient (Wildman–Crippen LogP) is 4.80. The molecule has 0 atom stereocenters. The van der Waals surface area contributed by atoms with Crippen molar-refractivity contribution in [2.45, 2.75) is 40.2 Å². The van der Waals surface area contributed by atoms with Crippen LogP contribution in [0.3, 0.4) is 0 Å². The minimum atomic E-state index is 0.745.